The summed E-state index contributed by atoms with van der Waals surface area (Å²) in [6.07, 6.45) is 2.52. The van der Waals surface area contributed by atoms with Gasteiger partial charge in [0.15, 0.2) is 0 Å². The van der Waals surface area contributed by atoms with Crippen LogP contribution in [0.3, 0.4) is 0 Å². The summed E-state index contributed by atoms with van der Waals surface area (Å²) < 4.78 is 0. The first kappa shape index (κ1) is 9.89. The van der Waals surface area contributed by atoms with Gasteiger partial charge in [0, 0.05) is 19.8 Å². The topological polar surface area (TPSA) is 58.1 Å². The van der Waals surface area contributed by atoms with Gasteiger partial charge in [-0.05, 0) is 19.4 Å². The maximum absolute atomic E-state index is 11.6. The number of nitrogens with zero attached hydrogens (tertiary/aromatic N) is 3. The second kappa shape index (κ2) is 3.84. The van der Waals surface area contributed by atoms with E-state index in [-0.39, 0.29) is 11.9 Å². The van der Waals surface area contributed by atoms with Gasteiger partial charge in [0.2, 0.25) is 5.91 Å². The number of hydrogen-bond donors (Lipinski definition) is 1. The third kappa shape index (κ3) is 2.06. The summed E-state index contributed by atoms with van der Waals surface area (Å²) >= 11 is 0. The lowest BCUT2D eigenvalue weighted by molar-refractivity contribution is -0.127. The number of amides is 1. The van der Waals surface area contributed by atoms with Crippen LogP contribution in [0.5, 0.6) is 0 Å². The summed E-state index contributed by atoms with van der Waals surface area (Å²) in [4.78, 5) is 21.5. The third-order valence-corrected chi connectivity index (χ3v) is 2.53. The summed E-state index contributed by atoms with van der Waals surface area (Å²) in [5.41, 5.74) is 0. The van der Waals surface area contributed by atoms with Crippen molar-refractivity contribution in [3.63, 3.8) is 0 Å². The van der Waals surface area contributed by atoms with Gasteiger partial charge in [0.25, 0.3) is 0 Å². The van der Waals surface area contributed by atoms with E-state index in [2.05, 4.69) is 15.3 Å². The Balaban J connectivity index is 2.06. The van der Waals surface area contributed by atoms with Crippen LogP contribution in [0.25, 0.3) is 0 Å². The second-order valence-corrected chi connectivity index (χ2v) is 3.73. The fraction of sp³-hybridized carbons (Fsp3) is 0.500. The Hall–Kier alpha value is -1.65. The Bertz CT molecular complexity index is 379. The molecule has 80 valence electrons. The molecule has 0 radical (unpaired) electrons. The molecule has 0 spiro atoms. The normalized spacial score (nSPS) is 20.8. The molecule has 0 saturated carbocycles. The number of rotatable bonds is 2. The van der Waals surface area contributed by atoms with Gasteiger partial charge < -0.3 is 10.2 Å². The molecule has 1 fully saturated rings. The minimum Gasteiger partial charge on any atom is -0.358 e. The van der Waals surface area contributed by atoms with E-state index < -0.39 is 0 Å². The molecule has 0 aromatic carbocycles. The van der Waals surface area contributed by atoms with Gasteiger partial charge in [-0.2, -0.15) is 0 Å². The molecule has 5 heteroatoms. The number of hydrogen-bond acceptors (Lipinski definition) is 4. The van der Waals surface area contributed by atoms with E-state index in [1.807, 2.05) is 14.0 Å². The van der Waals surface area contributed by atoms with Gasteiger partial charge in [-0.25, -0.2) is 9.97 Å². The second-order valence-electron chi connectivity index (χ2n) is 3.73. The first-order valence-corrected chi connectivity index (χ1v) is 4.98. The molecule has 1 aromatic heterocycles. The highest BCUT2D eigenvalue weighted by atomic mass is 16.2. The smallest absolute Gasteiger partial charge is 0.244 e. The van der Waals surface area contributed by atoms with Crippen LogP contribution in [0.1, 0.15) is 12.2 Å². The van der Waals surface area contributed by atoms with Crippen molar-refractivity contribution < 1.29 is 4.79 Å². The van der Waals surface area contributed by atoms with Crippen molar-refractivity contribution in [3.05, 3.63) is 18.1 Å². The Morgan fingerprint density at radius 1 is 1.60 bits per heavy atom. The van der Waals surface area contributed by atoms with Gasteiger partial charge in [-0.3, -0.25) is 4.79 Å². The van der Waals surface area contributed by atoms with Crippen molar-refractivity contribution in [2.75, 3.05) is 18.9 Å². The van der Waals surface area contributed by atoms with Crippen LogP contribution >= 0.6 is 0 Å². The Kier molecular flexibility index (Phi) is 2.53. The van der Waals surface area contributed by atoms with Crippen molar-refractivity contribution in [1.82, 2.24) is 14.9 Å². The first-order chi connectivity index (χ1) is 7.16. The molecule has 15 heavy (non-hydrogen) atoms. The predicted molar refractivity (Wildman–Crippen MR) is 56.4 cm³/mol. The molecule has 0 bridgehead atoms. The van der Waals surface area contributed by atoms with E-state index in [1.54, 1.807) is 17.2 Å². The van der Waals surface area contributed by atoms with E-state index in [4.69, 9.17) is 0 Å². The third-order valence-electron chi connectivity index (χ3n) is 2.53. The Labute approximate surface area is 88.5 Å². The number of nitrogens with one attached hydrogen (secondary N) is 1. The lowest BCUT2D eigenvalue weighted by Gasteiger charge is -2.12. The van der Waals surface area contributed by atoms with Crippen molar-refractivity contribution in [3.8, 4) is 0 Å². The number of carbonyl (C=O) groups is 1. The lowest BCUT2D eigenvalue weighted by atomic mass is 10.2. The first-order valence-electron chi connectivity index (χ1n) is 4.98. The molecule has 0 aliphatic carbocycles. The Morgan fingerprint density at radius 3 is 3.00 bits per heavy atom. The van der Waals surface area contributed by atoms with E-state index in [0.717, 1.165) is 18.8 Å². The molecular formula is C10H14N4O. The van der Waals surface area contributed by atoms with Crippen LogP contribution < -0.4 is 5.32 Å². The molecule has 1 aliphatic rings. The number of aromatic nitrogens is 2. The summed E-state index contributed by atoms with van der Waals surface area (Å²) in [5, 5.41) is 3.12. The zero-order chi connectivity index (χ0) is 10.8. The molecule has 1 aromatic rings. The monoisotopic (exact) mass is 206 g/mol. The average molecular weight is 206 g/mol. The molecule has 1 aliphatic heterocycles. The molecule has 2 rings (SSSR count). The van der Waals surface area contributed by atoms with Crippen LogP contribution in [0.15, 0.2) is 12.3 Å². The summed E-state index contributed by atoms with van der Waals surface area (Å²) in [6.45, 7) is 2.63. The molecule has 5 nitrogen and oxygen atoms in total. The largest absolute Gasteiger partial charge is 0.358 e. The molecule has 1 unspecified atom stereocenters. The average Bonchev–Trinajstić information content (AvgIpc) is 2.50. The minimum absolute atomic E-state index is 0.131. The van der Waals surface area contributed by atoms with Crippen LogP contribution in [-0.4, -0.2) is 40.4 Å². The number of likely N-dealkylation sites (tertiary alicyclic amines) is 1. The van der Waals surface area contributed by atoms with Crippen molar-refractivity contribution >= 4 is 11.7 Å². The van der Waals surface area contributed by atoms with Gasteiger partial charge in [0.05, 0.1) is 0 Å². The number of carbonyl (C=O) groups excluding carboxylic acids is 1. The number of likely N-dealkylation sites (N-methyl/N-ethyl adjacent to an activating group) is 1. The predicted octanol–water partition coefficient (Wildman–Crippen LogP) is 0.428. The standard InChI is InChI=1S/C10H14N4O/c1-7-11-5-3-9(12-7)13-8-4-6-14(2)10(8)15/h3,5,8H,4,6H2,1-2H3,(H,11,12,13). The fourth-order valence-corrected chi connectivity index (χ4v) is 1.67. The SMILES string of the molecule is Cc1nccc(NC2CCN(C)C2=O)n1. The summed E-state index contributed by atoms with van der Waals surface area (Å²) in [5.74, 6) is 1.56. The highest BCUT2D eigenvalue weighted by molar-refractivity contribution is 5.86. The van der Waals surface area contributed by atoms with Gasteiger partial charge in [0.1, 0.15) is 17.7 Å². The van der Waals surface area contributed by atoms with Gasteiger partial charge in [-0.1, -0.05) is 0 Å². The molecule has 2 heterocycles. The number of aryl methyl sites for hydroxylation is 1. The van der Waals surface area contributed by atoms with Crippen LogP contribution in [0.4, 0.5) is 5.82 Å². The zero-order valence-electron chi connectivity index (χ0n) is 8.90. The summed E-state index contributed by atoms with van der Waals surface area (Å²) in [7, 11) is 1.81. The van der Waals surface area contributed by atoms with Crippen LogP contribution in [0, 0.1) is 6.92 Å². The highest BCUT2D eigenvalue weighted by Gasteiger charge is 2.28. The van der Waals surface area contributed by atoms with Gasteiger partial charge >= 0.3 is 0 Å². The lowest BCUT2D eigenvalue weighted by Crippen LogP contribution is -2.31. The molecular weight excluding hydrogens is 192 g/mol. The van der Waals surface area contributed by atoms with Crippen molar-refractivity contribution in [2.45, 2.75) is 19.4 Å². The van der Waals surface area contributed by atoms with Crippen molar-refractivity contribution in [2.24, 2.45) is 0 Å². The van der Waals surface area contributed by atoms with Crippen molar-refractivity contribution in [1.29, 1.82) is 0 Å². The van der Waals surface area contributed by atoms with E-state index in [9.17, 15) is 4.79 Å². The number of anilines is 1. The maximum atomic E-state index is 11.6. The molecule has 1 saturated heterocycles. The Morgan fingerprint density at radius 2 is 2.40 bits per heavy atom. The van der Waals surface area contributed by atoms with Gasteiger partial charge in [-0.15, -0.1) is 0 Å². The highest BCUT2D eigenvalue weighted by Crippen LogP contribution is 2.13. The zero-order valence-corrected chi connectivity index (χ0v) is 8.90. The quantitative estimate of drug-likeness (QED) is 0.762. The maximum Gasteiger partial charge on any atom is 0.244 e. The molecule has 1 amide bonds. The van der Waals surface area contributed by atoms with E-state index >= 15 is 0 Å². The van der Waals surface area contributed by atoms with E-state index in [0.29, 0.717) is 5.82 Å². The molecule has 1 atom stereocenters. The minimum atomic E-state index is -0.135. The molecule has 1 N–H and O–H groups in total. The van der Waals surface area contributed by atoms with E-state index in [1.165, 1.54) is 0 Å². The van der Waals surface area contributed by atoms with Crippen LogP contribution in [0.2, 0.25) is 0 Å². The fourth-order valence-electron chi connectivity index (χ4n) is 1.67. The van der Waals surface area contributed by atoms with Crippen LogP contribution in [-0.2, 0) is 4.79 Å². The summed E-state index contributed by atoms with van der Waals surface area (Å²) in [6, 6.07) is 1.64.